The van der Waals surface area contributed by atoms with Crippen LogP contribution in [-0.4, -0.2) is 23.7 Å². The first-order valence-corrected chi connectivity index (χ1v) is 7.91. The fourth-order valence-electron chi connectivity index (χ4n) is 3.49. The Labute approximate surface area is 139 Å². The van der Waals surface area contributed by atoms with Gasteiger partial charge in [0.25, 0.3) is 0 Å². The normalized spacial score (nSPS) is 19.3. The van der Waals surface area contributed by atoms with Crippen LogP contribution < -0.4 is 5.32 Å². The van der Waals surface area contributed by atoms with E-state index in [0.717, 1.165) is 11.1 Å². The number of nitrogens with one attached hydrogen (secondary N) is 1. The summed E-state index contributed by atoms with van der Waals surface area (Å²) in [6.07, 6.45) is 1.76. The zero-order chi connectivity index (χ0) is 17.2. The number of carbonyl (C=O) groups is 1. The van der Waals surface area contributed by atoms with Crippen molar-refractivity contribution < 1.29 is 18.7 Å². The molecule has 0 amide bonds. The van der Waals surface area contributed by atoms with E-state index in [9.17, 15) is 18.7 Å². The van der Waals surface area contributed by atoms with E-state index < -0.39 is 12.0 Å². The molecule has 24 heavy (non-hydrogen) atoms. The van der Waals surface area contributed by atoms with Crippen molar-refractivity contribution in [1.82, 2.24) is 5.32 Å². The van der Waals surface area contributed by atoms with E-state index in [1.807, 2.05) is 0 Å². The summed E-state index contributed by atoms with van der Waals surface area (Å²) in [6, 6.07) is 12.0. The SMILES string of the molecule is O=C(O)[C@@H]1CC(Cc2ccc(F)cc2)(Cc2ccc(F)cc2)CN1. The highest BCUT2D eigenvalue weighted by Gasteiger charge is 2.41. The maximum absolute atomic E-state index is 13.1. The van der Waals surface area contributed by atoms with Crippen molar-refractivity contribution in [1.29, 1.82) is 0 Å². The molecule has 1 fully saturated rings. The Bertz CT molecular complexity index is 666. The molecule has 5 heteroatoms. The molecular formula is C19H19F2NO2. The second kappa shape index (κ2) is 6.69. The number of aliphatic carboxylic acids is 1. The molecule has 0 unspecified atom stereocenters. The first kappa shape index (κ1) is 16.6. The van der Waals surface area contributed by atoms with Crippen molar-refractivity contribution >= 4 is 5.97 Å². The summed E-state index contributed by atoms with van der Waals surface area (Å²) in [5.74, 6) is -1.45. The van der Waals surface area contributed by atoms with E-state index in [1.165, 1.54) is 24.3 Å². The third-order valence-electron chi connectivity index (χ3n) is 4.64. The quantitative estimate of drug-likeness (QED) is 0.885. The van der Waals surface area contributed by atoms with Gasteiger partial charge in [-0.15, -0.1) is 0 Å². The minimum atomic E-state index is -0.866. The molecule has 0 saturated carbocycles. The van der Waals surface area contributed by atoms with Crippen LogP contribution in [0, 0.1) is 17.0 Å². The van der Waals surface area contributed by atoms with Gasteiger partial charge in [-0.1, -0.05) is 24.3 Å². The van der Waals surface area contributed by atoms with Gasteiger partial charge in [-0.3, -0.25) is 4.79 Å². The standard InChI is InChI=1S/C19H19F2NO2/c20-15-5-1-13(2-6-15)9-19(11-17(18(23)24)22-12-19)10-14-3-7-16(21)8-4-14/h1-8,17,22H,9-12H2,(H,23,24)/t17-/m0/s1. The number of rotatable bonds is 5. The van der Waals surface area contributed by atoms with Gasteiger partial charge in [0.05, 0.1) is 0 Å². The highest BCUT2D eigenvalue weighted by atomic mass is 19.1. The number of hydrogen-bond donors (Lipinski definition) is 2. The summed E-state index contributed by atoms with van der Waals surface area (Å²) in [4.78, 5) is 11.3. The number of benzene rings is 2. The molecule has 2 N–H and O–H groups in total. The van der Waals surface area contributed by atoms with Gasteiger partial charge in [-0.2, -0.15) is 0 Å². The fourth-order valence-corrected chi connectivity index (χ4v) is 3.49. The molecule has 0 spiro atoms. The predicted molar refractivity (Wildman–Crippen MR) is 86.7 cm³/mol. The first-order chi connectivity index (χ1) is 11.5. The van der Waals surface area contributed by atoms with E-state index in [0.29, 0.717) is 25.8 Å². The topological polar surface area (TPSA) is 49.3 Å². The van der Waals surface area contributed by atoms with Crippen molar-refractivity contribution in [3.05, 3.63) is 71.3 Å². The molecular weight excluding hydrogens is 312 g/mol. The molecule has 2 aromatic rings. The zero-order valence-electron chi connectivity index (χ0n) is 13.1. The van der Waals surface area contributed by atoms with Crippen molar-refractivity contribution in [2.24, 2.45) is 5.41 Å². The van der Waals surface area contributed by atoms with Crippen LogP contribution in [-0.2, 0) is 17.6 Å². The van der Waals surface area contributed by atoms with Crippen LogP contribution in [0.25, 0.3) is 0 Å². The molecule has 126 valence electrons. The Morgan fingerprint density at radius 3 is 1.83 bits per heavy atom. The predicted octanol–water partition coefficient (Wildman–Crippen LogP) is 3.18. The molecule has 1 saturated heterocycles. The summed E-state index contributed by atoms with van der Waals surface area (Å²) in [5, 5.41) is 12.4. The van der Waals surface area contributed by atoms with Crippen LogP contribution in [0.15, 0.2) is 48.5 Å². The van der Waals surface area contributed by atoms with Gasteiger partial charge < -0.3 is 10.4 Å². The fraction of sp³-hybridized carbons (Fsp3) is 0.316. The lowest BCUT2D eigenvalue weighted by Crippen LogP contribution is -2.30. The smallest absolute Gasteiger partial charge is 0.320 e. The summed E-state index contributed by atoms with van der Waals surface area (Å²) < 4.78 is 26.2. The maximum Gasteiger partial charge on any atom is 0.320 e. The highest BCUT2D eigenvalue weighted by molar-refractivity contribution is 5.74. The van der Waals surface area contributed by atoms with Crippen LogP contribution >= 0.6 is 0 Å². The van der Waals surface area contributed by atoms with Gasteiger partial charge >= 0.3 is 5.97 Å². The number of halogens is 2. The monoisotopic (exact) mass is 331 g/mol. The van der Waals surface area contributed by atoms with Crippen LogP contribution in [0.2, 0.25) is 0 Å². The van der Waals surface area contributed by atoms with E-state index >= 15 is 0 Å². The lowest BCUT2D eigenvalue weighted by Gasteiger charge is -2.29. The summed E-state index contributed by atoms with van der Waals surface area (Å²) in [7, 11) is 0. The molecule has 3 nitrogen and oxygen atoms in total. The lowest BCUT2D eigenvalue weighted by atomic mass is 9.75. The Kier molecular flexibility index (Phi) is 4.62. The third-order valence-corrected chi connectivity index (χ3v) is 4.64. The van der Waals surface area contributed by atoms with Crippen LogP contribution in [0.1, 0.15) is 17.5 Å². The van der Waals surface area contributed by atoms with Crippen LogP contribution in [0.4, 0.5) is 8.78 Å². The van der Waals surface area contributed by atoms with E-state index in [1.54, 1.807) is 24.3 Å². The van der Waals surface area contributed by atoms with Crippen molar-refractivity contribution in [3.63, 3.8) is 0 Å². The number of carboxylic acids is 1. The molecule has 1 aliphatic heterocycles. The molecule has 1 aliphatic rings. The van der Waals surface area contributed by atoms with Gasteiger partial charge in [-0.25, -0.2) is 8.78 Å². The molecule has 0 bridgehead atoms. The Balaban J connectivity index is 1.84. The Hall–Kier alpha value is -2.27. The van der Waals surface area contributed by atoms with Gasteiger partial charge in [0.15, 0.2) is 0 Å². The Morgan fingerprint density at radius 1 is 1.00 bits per heavy atom. The average Bonchev–Trinajstić information content (AvgIpc) is 2.96. The molecule has 0 aromatic heterocycles. The van der Waals surface area contributed by atoms with Gasteiger partial charge in [0.1, 0.15) is 17.7 Å². The molecule has 1 atom stereocenters. The van der Waals surface area contributed by atoms with E-state index in [2.05, 4.69) is 5.32 Å². The first-order valence-electron chi connectivity index (χ1n) is 7.91. The molecule has 1 heterocycles. The largest absolute Gasteiger partial charge is 0.480 e. The summed E-state index contributed by atoms with van der Waals surface area (Å²) in [6.45, 7) is 0.554. The van der Waals surface area contributed by atoms with Crippen LogP contribution in [0.3, 0.4) is 0 Å². The van der Waals surface area contributed by atoms with Crippen molar-refractivity contribution in [2.45, 2.75) is 25.3 Å². The molecule has 3 rings (SSSR count). The van der Waals surface area contributed by atoms with E-state index in [-0.39, 0.29) is 17.0 Å². The summed E-state index contributed by atoms with van der Waals surface area (Å²) >= 11 is 0. The second-order valence-corrected chi connectivity index (χ2v) is 6.58. The second-order valence-electron chi connectivity index (χ2n) is 6.58. The third kappa shape index (κ3) is 3.79. The highest BCUT2D eigenvalue weighted by Crippen LogP contribution is 2.36. The van der Waals surface area contributed by atoms with Gasteiger partial charge in [-0.05, 0) is 60.1 Å². The van der Waals surface area contributed by atoms with Crippen molar-refractivity contribution in [3.8, 4) is 0 Å². The van der Waals surface area contributed by atoms with E-state index in [4.69, 9.17) is 0 Å². The minimum absolute atomic E-state index is 0.292. The van der Waals surface area contributed by atoms with Crippen molar-refractivity contribution in [2.75, 3.05) is 6.54 Å². The number of carboxylic acid groups (broad SMARTS) is 1. The summed E-state index contributed by atoms with van der Waals surface area (Å²) in [5.41, 5.74) is 1.64. The minimum Gasteiger partial charge on any atom is -0.480 e. The Morgan fingerprint density at radius 2 is 1.46 bits per heavy atom. The van der Waals surface area contributed by atoms with Gasteiger partial charge in [0, 0.05) is 6.54 Å². The molecule has 0 aliphatic carbocycles. The van der Waals surface area contributed by atoms with Gasteiger partial charge in [0.2, 0.25) is 0 Å². The maximum atomic E-state index is 13.1. The van der Waals surface area contributed by atoms with Crippen LogP contribution in [0.5, 0.6) is 0 Å². The molecule has 2 aromatic carbocycles. The average molecular weight is 331 g/mol. The lowest BCUT2D eigenvalue weighted by molar-refractivity contribution is -0.139. The number of hydrogen-bond acceptors (Lipinski definition) is 2. The zero-order valence-corrected chi connectivity index (χ0v) is 13.1. The molecule has 0 radical (unpaired) electrons.